The van der Waals surface area contributed by atoms with E-state index in [2.05, 4.69) is 71.6 Å². The zero-order valence-electron chi connectivity index (χ0n) is 11.9. The van der Waals surface area contributed by atoms with E-state index < -0.39 is 0 Å². The van der Waals surface area contributed by atoms with Gasteiger partial charge in [-0.25, -0.2) is 0 Å². The summed E-state index contributed by atoms with van der Waals surface area (Å²) in [6.45, 7) is 9.12. The largest absolute Gasteiger partial charge is 0.421 e. The second-order valence-electron chi connectivity index (χ2n) is 5.03. The molecular weight excluding hydrogens is 236 g/mol. The van der Waals surface area contributed by atoms with Crippen molar-refractivity contribution in [1.29, 1.82) is 0 Å². The molecule has 0 N–H and O–H groups in total. The predicted octanol–water partition coefficient (Wildman–Crippen LogP) is 1.65. The Morgan fingerprint density at radius 3 is 2.39 bits per heavy atom. The van der Waals surface area contributed by atoms with Crippen molar-refractivity contribution in [3.63, 3.8) is 0 Å². The van der Waals surface area contributed by atoms with Gasteiger partial charge in [0.05, 0.1) is 0 Å². The van der Waals surface area contributed by atoms with E-state index in [-0.39, 0.29) is 9.84 Å². The molecule has 3 nitrogen and oxygen atoms in total. The maximum Gasteiger partial charge on any atom is 0.321 e. The summed E-state index contributed by atoms with van der Waals surface area (Å²) in [5.41, 5.74) is 1.35. The number of anilines is 1. The van der Waals surface area contributed by atoms with Gasteiger partial charge in [0.25, 0.3) is 6.98 Å². The van der Waals surface area contributed by atoms with Gasteiger partial charge in [-0.15, -0.1) is 0 Å². The summed E-state index contributed by atoms with van der Waals surface area (Å²) in [5, 5.41) is 0. The van der Waals surface area contributed by atoms with E-state index in [0.29, 0.717) is 14.0 Å². The molecule has 1 fully saturated rings. The van der Waals surface area contributed by atoms with Crippen molar-refractivity contribution in [3.05, 3.63) is 30.3 Å². The molecule has 18 heavy (non-hydrogen) atoms. The van der Waals surface area contributed by atoms with E-state index in [0.717, 1.165) is 6.54 Å². The fourth-order valence-corrected chi connectivity index (χ4v) is 4.04. The van der Waals surface area contributed by atoms with Crippen molar-refractivity contribution >= 4 is 29.5 Å². The van der Waals surface area contributed by atoms with Gasteiger partial charge in [-0.1, -0.05) is 38.8 Å². The minimum atomic E-state index is 0.175. The Balaban J connectivity index is 2.21. The van der Waals surface area contributed by atoms with Crippen molar-refractivity contribution in [3.8, 4) is 0 Å². The molecule has 1 aliphatic heterocycles. The van der Waals surface area contributed by atoms with Gasteiger partial charge in [-0.05, 0) is 32.1 Å². The molecule has 1 aromatic carbocycles. The lowest BCUT2D eigenvalue weighted by atomic mass is 9.61. The molecule has 0 aromatic heterocycles. The first-order chi connectivity index (χ1) is 8.65. The summed E-state index contributed by atoms with van der Waals surface area (Å²) in [5.74, 6) is 0. The Morgan fingerprint density at radius 2 is 1.78 bits per heavy atom. The highest BCUT2D eigenvalue weighted by molar-refractivity contribution is 6.86. The topological polar surface area (TPSA) is 9.72 Å². The molecule has 0 saturated carbocycles. The van der Waals surface area contributed by atoms with Crippen LogP contribution in [0.25, 0.3) is 0 Å². The van der Waals surface area contributed by atoms with Gasteiger partial charge in [0, 0.05) is 5.69 Å². The van der Waals surface area contributed by atoms with E-state index in [4.69, 9.17) is 0 Å². The molecule has 0 amide bonds. The number of rotatable bonds is 3. The van der Waals surface area contributed by atoms with E-state index in [1.807, 2.05) is 0 Å². The van der Waals surface area contributed by atoms with Crippen LogP contribution in [0.3, 0.4) is 0 Å². The summed E-state index contributed by atoms with van der Waals surface area (Å²) in [6.07, 6.45) is 1.21. The molecule has 1 aromatic rings. The van der Waals surface area contributed by atoms with Gasteiger partial charge in [0.1, 0.15) is 0 Å². The molecule has 0 spiro atoms. The van der Waals surface area contributed by atoms with E-state index in [1.165, 1.54) is 12.1 Å². The highest BCUT2D eigenvalue weighted by Crippen LogP contribution is 2.21. The maximum atomic E-state index is 2.59. The van der Waals surface area contributed by atoms with Gasteiger partial charge in [0.2, 0.25) is 9.84 Å². The third kappa shape index (κ3) is 2.65. The molecule has 2 rings (SSSR count). The summed E-state index contributed by atoms with van der Waals surface area (Å²) in [6, 6.07) is 10.8. The monoisotopic (exact) mass is 258 g/mol. The maximum absolute atomic E-state index is 2.59. The molecule has 0 atom stereocenters. The minimum Gasteiger partial charge on any atom is -0.421 e. The van der Waals surface area contributed by atoms with Crippen LogP contribution >= 0.6 is 0 Å². The molecule has 0 bridgehead atoms. The number of para-hydroxylation sites is 1. The molecule has 6 heteroatoms. The van der Waals surface area contributed by atoms with Crippen molar-refractivity contribution in [2.45, 2.75) is 27.0 Å². The Morgan fingerprint density at radius 1 is 1.11 bits per heavy atom. The second kappa shape index (κ2) is 5.95. The standard InChI is InChI=1S/C12H22B2N3Si/c1-5-11-16-13(2)15(4)18-17(14(16)3)12-9-7-6-8-10-12/h6-10,18H,5,11H2,1-4H3. The van der Waals surface area contributed by atoms with Crippen LogP contribution in [0.5, 0.6) is 0 Å². The highest BCUT2D eigenvalue weighted by atomic mass is 28.2. The van der Waals surface area contributed by atoms with Crippen molar-refractivity contribution in [2.24, 2.45) is 0 Å². The third-order valence-corrected chi connectivity index (χ3v) is 5.57. The quantitative estimate of drug-likeness (QED) is 0.763. The normalized spacial score (nSPS) is 18.6. The van der Waals surface area contributed by atoms with E-state index in [1.54, 1.807) is 0 Å². The molecular formula is C12H22B2N3Si. The van der Waals surface area contributed by atoms with Crippen molar-refractivity contribution in [1.82, 2.24) is 9.20 Å². The first-order valence-electron chi connectivity index (χ1n) is 6.81. The Kier molecular flexibility index (Phi) is 4.53. The lowest BCUT2D eigenvalue weighted by Gasteiger charge is -2.48. The minimum absolute atomic E-state index is 0.175. The average Bonchev–Trinajstić information content (AvgIpc) is 2.40. The fourth-order valence-electron chi connectivity index (χ4n) is 2.61. The van der Waals surface area contributed by atoms with Gasteiger partial charge < -0.3 is 13.7 Å². The van der Waals surface area contributed by atoms with Gasteiger partial charge >= 0.3 is 6.98 Å². The molecule has 95 valence electrons. The predicted molar refractivity (Wildman–Crippen MR) is 84.1 cm³/mol. The average molecular weight is 258 g/mol. The summed E-state index contributed by atoms with van der Waals surface area (Å²) in [4.78, 5) is 0. The van der Waals surface area contributed by atoms with Crippen LogP contribution < -0.4 is 4.48 Å². The molecule has 1 aliphatic rings. The Hall–Kier alpha value is -0.713. The lowest BCUT2D eigenvalue weighted by molar-refractivity contribution is 0.566. The van der Waals surface area contributed by atoms with Crippen LogP contribution in [-0.4, -0.2) is 46.6 Å². The Bertz CT molecular complexity index is 379. The van der Waals surface area contributed by atoms with E-state index >= 15 is 0 Å². The van der Waals surface area contributed by atoms with Crippen LogP contribution in [0.1, 0.15) is 13.3 Å². The number of benzene rings is 1. The number of nitrogens with zero attached hydrogens (tertiary/aromatic N) is 3. The van der Waals surface area contributed by atoms with Crippen molar-refractivity contribution < 1.29 is 0 Å². The molecule has 1 heterocycles. The van der Waals surface area contributed by atoms with Crippen LogP contribution in [0.4, 0.5) is 5.69 Å². The van der Waals surface area contributed by atoms with E-state index in [9.17, 15) is 0 Å². The highest BCUT2D eigenvalue weighted by Gasteiger charge is 2.39. The molecule has 0 unspecified atom stereocenters. The first-order valence-corrected chi connectivity index (χ1v) is 7.84. The smallest absolute Gasteiger partial charge is 0.321 e. The summed E-state index contributed by atoms with van der Waals surface area (Å²) >= 11 is 0. The summed E-state index contributed by atoms with van der Waals surface area (Å²) < 4.78 is 7.63. The Labute approximate surface area is 114 Å². The molecule has 1 saturated heterocycles. The van der Waals surface area contributed by atoms with Crippen LogP contribution in [0.2, 0.25) is 13.6 Å². The molecule has 1 radical (unpaired) electrons. The summed E-state index contributed by atoms with van der Waals surface area (Å²) in [7, 11) is 2.42. The van der Waals surface area contributed by atoms with Crippen LogP contribution in [-0.2, 0) is 0 Å². The lowest BCUT2D eigenvalue weighted by Crippen LogP contribution is -2.70. The third-order valence-electron chi connectivity index (χ3n) is 3.79. The van der Waals surface area contributed by atoms with Crippen LogP contribution in [0.15, 0.2) is 30.3 Å². The zero-order valence-corrected chi connectivity index (χ0v) is 13.0. The number of hydrogen-bond acceptors (Lipinski definition) is 3. The van der Waals surface area contributed by atoms with Crippen molar-refractivity contribution in [2.75, 3.05) is 18.1 Å². The van der Waals surface area contributed by atoms with Gasteiger partial charge in [-0.2, -0.15) is 0 Å². The van der Waals surface area contributed by atoms with Gasteiger partial charge in [0.15, 0.2) is 0 Å². The number of hydrogen-bond donors (Lipinski definition) is 0. The molecule has 0 aliphatic carbocycles. The fraction of sp³-hybridized carbons (Fsp3) is 0.500. The van der Waals surface area contributed by atoms with Crippen LogP contribution in [0, 0.1) is 0 Å². The van der Waals surface area contributed by atoms with Gasteiger partial charge in [-0.3, -0.25) is 0 Å². The second-order valence-corrected chi connectivity index (χ2v) is 6.63. The zero-order chi connectivity index (χ0) is 13.1. The SMILES string of the molecule is CCCN1B(C)N(C)[SiH]N(c2ccccc2)B1C. The first kappa shape index (κ1) is 13.7.